The molecule has 0 bridgehead atoms. The van der Waals surface area contributed by atoms with Crippen LogP contribution in [0.3, 0.4) is 0 Å². The van der Waals surface area contributed by atoms with Gasteiger partial charge in [0.25, 0.3) is 0 Å². The quantitative estimate of drug-likeness (QED) is 0.221. The molecule has 0 aromatic rings. The van der Waals surface area contributed by atoms with Gasteiger partial charge in [0.15, 0.2) is 0 Å². The van der Waals surface area contributed by atoms with Gasteiger partial charge >= 0.3 is 0 Å². The molecule has 0 saturated heterocycles. The van der Waals surface area contributed by atoms with E-state index in [1.807, 2.05) is 35.4 Å². The number of hydrogen-bond acceptors (Lipinski definition) is 6. The highest BCUT2D eigenvalue weighted by atomic mass is 33.1. The summed E-state index contributed by atoms with van der Waals surface area (Å²) in [6, 6.07) is 0. The van der Waals surface area contributed by atoms with Gasteiger partial charge in [-0.3, -0.25) is 9.59 Å². The second-order valence-electron chi connectivity index (χ2n) is 19.3. The normalized spacial score (nSPS) is 54.0. The van der Waals surface area contributed by atoms with Crippen molar-refractivity contribution in [2.45, 2.75) is 154 Å². The van der Waals surface area contributed by atoms with Crippen molar-refractivity contribution in [3.63, 3.8) is 0 Å². The first-order valence-corrected chi connectivity index (χ1v) is 22.1. The Bertz CT molecular complexity index is 1300. The summed E-state index contributed by atoms with van der Waals surface area (Å²) in [7, 11) is 4.02. The van der Waals surface area contributed by atoms with E-state index in [0.717, 1.165) is 77.0 Å². The van der Waals surface area contributed by atoms with Gasteiger partial charge in [0.1, 0.15) is 11.6 Å². The largest absolute Gasteiger partial charge is 0.393 e. The molecule has 8 rings (SSSR count). The Morgan fingerprint density at radius 1 is 0.625 bits per heavy atom. The molecular weight excluding hydrogens is 633 g/mol. The molecule has 2 N–H and O–H groups in total. The van der Waals surface area contributed by atoms with E-state index in [1.54, 1.807) is 0 Å². The molecule has 8 aliphatic rings. The van der Waals surface area contributed by atoms with Crippen LogP contribution in [-0.4, -0.2) is 44.5 Å². The number of ketones is 2. The van der Waals surface area contributed by atoms with E-state index < -0.39 is 0 Å². The summed E-state index contributed by atoms with van der Waals surface area (Å²) in [6.45, 7) is 13.7. The molecule has 16 atom stereocenters. The molecule has 6 heteroatoms. The van der Waals surface area contributed by atoms with Gasteiger partial charge in [0, 0.05) is 22.3 Å². The summed E-state index contributed by atoms with van der Waals surface area (Å²) >= 11 is 0. The monoisotopic (exact) mass is 694 g/mol. The van der Waals surface area contributed by atoms with E-state index in [-0.39, 0.29) is 45.7 Å². The molecule has 0 spiro atoms. The van der Waals surface area contributed by atoms with Gasteiger partial charge in [-0.1, -0.05) is 72.6 Å². The third-order valence-electron chi connectivity index (χ3n) is 17.3. The second kappa shape index (κ2) is 12.0. The number of rotatable bonds is 5. The maximum absolute atomic E-state index is 13.6. The number of carbonyl (C=O) groups excluding carboxylic acids is 2. The first-order valence-electron chi connectivity index (χ1n) is 19.8. The van der Waals surface area contributed by atoms with Crippen LogP contribution in [0.5, 0.6) is 0 Å². The van der Waals surface area contributed by atoms with Gasteiger partial charge in [0.2, 0.25) is 0 Å². The van der Waals surface area contributed by atoms with E-state index in [1.165, 1.54) is 24.0 Å². The smallest absolute Gasteiger partial charge is 0.134 e. The lowest BCUT2D eigenvalue weighted by molar-refractivity contribution is -0.128. The number of allylic oxidation sites excluding steroid dienone is 2. The Morgan fingerprint density at radius 2 is 1.02 bits per heavy atom. The number of fused-ring (bicyclic) bond motifs is 10. The molecule has 4 nitrogen and oxygen atoms in total. The Hall–Kier alpha value is -0.560. The molecule has 0 aromatic heterocycles. The van der Waals surface area contributed by atoms with Crippen LogP contribution in [0.2, 0.25) is 0 Å². The predicted molar refractivity (Wildman–Crippen MR) is 197 cm³/mol. The van der Waals surface area contributed by atoms with Crippen molar-refractivity contribution in [3.05, 3.63) is 23.3 Å². The fourth-order valence-electron chi connectivity index (χ4n) is 15.0. The zero-order chi connectivity index (χ0) is 34.0. The molecule has 48 heavy (non-hydrogen) atoms. The molecule has 0 amide bonds. The topological polar surface area (TPSA) is 74.6 Å². The van der Waals surface area contributed by atoms with Crippen LogP contribution in [0.25, 0.3) is 0 Å². The van der Waals surface area contributed by atoms with Gasteiger partial charge in [-0.15, -0.1) is 0 Å². The Labute approximate surface area is 298 Å². The van der Waals surface area contributed by atoms with Crippen molar-refractivity contribution in [2.75, 3.05) is 0 Å². The minimum absolute atomic E-state index is 0.0547. The first-order chi connectivity index (χ1) is 22.7. The number of aliphatic hydroxyl groups excluding tert-OH is 2. The highest BCUT2D eigenvalue weighted by Gasteiger charge is 2.64. The van der Waals surface area contributed by atoms with E-state index in [0.29, 0.717) is 57.6 Å². The number of hydrogen-bond donors (Lipinski definition) is 2. The van der Waals surface area contributed by atoms with Crippen molar-refractivity contribution in [1.29, 1.82) is 0 Å². The van der Waals surface area contributed by atoms with E-state index in [4.69, 9.17) is 0 Å². The first kappa shape index (κ1) is 34.5. The minimum Gasteiger partial charge on any atom is -0.393 e. The average molecular weight is 695 g/mol. The van der Waals surface area contributed by atoms with Crippen molar-refractivity contribution >= 4 is 33.2 Å². The number of aliphatic hydroxyl groups is 2. The maximum Gasteiger partial charge on any atom is 0.134 e. The van der Waals surface area contributed by atoms with Crippen LogP contribution in [0.1, 0.15) is 131 Å². The fraction of sp³-hybridized carbons (Fsp3) is 0.857. The van der Waals surface area contributed by atoms with Crippen molar-refractivity contribution in [3.8, 4) is 0 Å². The molecule has 6 saturated carbocycles. The SMILES string of the molecule is CC(=O)[C@@H]1[C@H](SS[C@H]2C[C@@H]3[C@@H]4CC=C5C[C@H](O)CC[C@@]5(C)[C@@H]4CC[C@@]3(C)[C@@H]2C(C)=O)C[C@@H]2[C@@H]3CC=C4C[C@H](O)CC[C@]4(C)[C@H]3CC[C@@]21C. The summed E-state index contributed by atoms with van der Waals surface area (Å²) in [6.07, 6.45) is 19.6. The third kappa shape index (κ3) is 4.97. The highest BCUT2D eigenvalue weighted by molar-refractivity contribution is 8.77. The lowest BCUT2D eigenvalue weighted by Crippen LogP contribution is -2.51. The van der Waals surface area contributed by atoms with Crippen LogP contribution in [0, 0.1) is 69.0 Å². The predicted octanol–water partition coefficient (Wildman–Crippen LogP) is 9.38. The molecule has 0 aromatic carbocycles. The molecular formula is C42H62O4S2. The van der Waals surface area contributed by atoms with Crippen LogP contribution in [0.4, 0.5) is 0 Å². The van der Waals surface area contributed by atoms with E-state index in [9.17, 15) is 19.8 Å². The molecule has 0 aliphatic heterocycles. The van der Waals surface area contributed by atoms with Crippen LogP contribution >= 0.6 is 21.6 Å². The van der Waals surface area contributed by atoms with Gasteiger partial charge in [-0.2, -0.15) is 0 Å². The van der Waals surface area contributed by atoms with Crippen molar-refractivity contribution in [1.82, 2.24) is 0 Å². The lowest BCUT2D eigenvalue weighted by atomic mass is 9.47. The van der Waals surface area contributed by atoms with Gasteiger partial charge in [0.05, 0.1) is 12.2 Å². The Balaban J connectivity index is 1.02. The van der Waals surface area contributed by atoms with Gasteiger partial charge < -0.3 is 10.2 Å². The van der Waals surface area contributed by atoms with Gasteiger partial charge in [-0.25, -0.2) is 0 Å². The molecule has 6 fully saturated rings. The molecule has 266 valence electrons. The maximum atomic E-state index is 13.6. The fourth-order valence-corrected chi connectivity index (χ4v) is 19.1. The van der Waals surface area contributed by atoms with Crippen LogP contribution in [-0.2, 0) is 9.59 Å². The average Bonchev–Trinajstić information content (AvgIpc) is 3.51. The summed E-state index contributed by atoms with van der Waals surface area (Å²) in [5.41, 5.74) is 3.56. The second-order valence-corrected chi connectivity index (χ2v) is 22.1. The van der Waals surface area contributed by atoms with Gasteiger partial charge in [-0.05, 0) is 161 Å². The van der Waals surface area contributed by atoms with Crippen LogP contribution < -0.4 is 0 Å². The van der Waals surface area contributed by atoms with Crippen molar-refractivity contribution < 1.29 is 19.8 Å². The zero-order valence-electron chi connectivity index (χ0n) is 30.5. The van der Waals surface area contributed by atoms with Crippen molar-refractivity contribution in [2.24, 2.45) is 69.0 Å². The standard InChI is InChI=1S/C42H62O4S2/c1-23(43)37-35(21-33-29-9-7-25-19-27(45)11-15-39(25,3)31(29)13-17-41(33,37)5)47-48-36-22-34-30-10-8-26-20-28(46)12-16-40(26,4)32(30)14-18-42(34,6)38(36)24(2)44/h7-8,27-38,45-46H,9-22H2,1-6H3/t27-,28-,29-,30-,31-,32+,33-,34-,35+,36-,37-,38-,39-,40+,41-,42+/m1/s1. The molecule has 8 aliphatic carbocycles. The minimum atomic E-state index is -0.177. The molecule has 0 heterocycles. The highest BCUT2D eigenvalue weighted by Crippen LogP contribution is 2.71. The number of carbonyl (C=O) groups is 2. The summed E-state index contributed by atoms with van der Waals surface area (Å²) < 4.78 is 0. The third-order valence-corrected chi connectivity index (χ3v) is 20.7. The van der Waals surface area contributed by atoms with E-state index >= 15 is 0 Å². The zero-order valence-corrected chi connectivity index (χ0v) is 32.1. The van der Waals surface area contributed by atoms with Crippen LogP contribution in [0.15, 0.2) is 23.3 Å². The van der Waals surface area contributed by atoms with E-state index in [2.05, 4.69) is 39.8 Å². The lowest BCUT2D eigenvalue weighted by Gasteiger charge is -2.57. The summed E-state index contributed by atoms with van der Waals surface area (Å²) in [5, 5.41) is 21.6. The molecule has 0 unspecified atom stereocenters. The Morgan fingerprint density at radius 3 is 1.40 bits per heavy atom. The summed E-state index contributed by atoms with van der Waals surface area (Å²) in [5.74, 6) is 4.67. The molecule has 0 radical (unpaired) electrons. The summed E-state index contributed by atoms with van der Waals surface area (Å²) in [4.78, 5) is 27.2. The number of Topliss-reactive ketones (excluding diaryl/α,β-unsaturated/α-hetero) is 2. The Kier molecular flexibility index (Phi) is 8.62.